The number of likely N-dealkylation sites (tertiary alicyclic amines) is 1. The van der Waals surface area contributed by atoms with Crippen molar-refractivity contribution in [2.24, 2.45) is 0 Å². The molecule has 32 heavy (non-hydrogen) atoms. The molecule has 0 atom stereocenters. The van der Waals surface area contributed by atoms with Crippen LogP contribution in [-0.2, 0) is 6.54 Å². The molecular weight excluding hydrogens is 404 g/mol. The Balaban J connectivity index is 1.40. The number of anilines is 2. The molecule has 1 aliphatic rings. The molecule has 0 bridgehead atoms. The van der Waals surface area contributed by atoms with Crippen LogP contribution in [0.3, 0.4) is 0 Å². The number of piperidine rings is 1. The minimum atomic E-state index is -0.348. The smallest absolute Gasteiger partial charge is 0.276 e. The molecule has 4 N–H and O–H groups in total. The van der Waals surface area contributed by atoms with Gasteiger partial charge >= 0.3 is 0 Å². The summed E-state index contributed by atoms with van der Waals surface area (Å²) >= 11 is 0. The van der Waals surface area contributed by atoms with Crippen LogP contribution in [-0.4, -0.2) is 49.0 Å². The molecule has 0 saturated carbocycles. The number of nitrogens with two attached hydrogens (primary N) is 1. The van der Waals surface area contributed by atoms with E-state index in [1.165, 1.54) is 37.2 Å². The minimum absolute atomic E-state index is 0.147. The summed E-state index contributed by atoms with van der Waals surface area (Å²) in [7, 11) is 0. The topological polar surface area (TPSA) is 126 Å². The Morgan fingerprint density at radius 1 is 1.03 bits per heavy atom. The number of nitrogens with zero attached hydrogens (tertiary/aromatic N) is 5. The molecule has 1 amide bonds. The zero-order valence-corrected chi connectivity index (χ0v) is 17.6. The summed E-state index contributed by atoms with van der Waals surface area (Å²) in [6.45, 7) is 3.19. The maximum Gasteiger partial charge on any atom is 0.276 e. The summed E-state index contributed by atoms with van der Waals surface area (Å²) in [4.78, 5) is 27.5. The lowest BCUT2D eigenvalue weighted by atomic mass is 10.0. The zero-order chi connectivity index (χ0) is 21.9. The minimum Gasteiger partial charge on any atom is -0.368 e. The Bertz CT molecular complexity index is 1240. The number of benzene rings is 1. The Hall–Kier alpha value is -3.85. The summed E-state index contributed by atoms with van der Waals surface area (Å²) in [6, 6.07) is 8.08. The summed E-state index contributed by atoms with van der Waals surface area (Å²) < 4.78 is 0. The third-order valence-electron chi connectivity index (χ3n) is 5.69. The van der Waals surface area contributed by atoms with Crippen molar-refractivity contribution >= 4 is 28.4 Å². The fourth-order valence-electron chi connectivity index (χ4n) is 4.07. The Labute approximate surface area is 185 Å². The molecule has 9 heteroatoms. The lowest BCUT2D eigenvalue weighted by molar-refractivity contribution is 0.102. The number of aromatic amines is 1. The number of aromatic nitrogens is 5. The van der Waals surface area contributed by atoms with E-state index in [4.69, 9.17) is 5.73 Å². The van der Waals surface area contributed by atoms with Gasteiger partial charge in [0.1, 0.15) is 0 Å². The largest absolute Gasteiger partial charge is 0.368 e. The van der Waals surface area contributed by atoms with E-state index in [2.05, 4.69) is 41.4 Å². The Morgan fingerprint density at radius 3 is 2.66 bits per heavy atom. The van der Waals surface area contributed by atoms with Crippen molar-refractivity contribution in [3.8, 4) is 11.1 Å². The van der Waals surface area contributed by atoms with Crippen molar-refractivity contribution in [3.63, 3.8) is 0 Å². The predicted molar refractivity (Wildman–Crippen MR) is 123 cm³/mol. The number of hydrogen-bond donors (Lipinski definition) is 3. The number of nitrogen functional groups attached to an aromatic ring is 1. The molecule has 0 aliphatic carbocycles. The van der Waals surface area contributed by atoms with E-state index in [-0.39, 0.29) is 11.9 Å². The van der Waals surface area contributed by atoms with Crippen LogP contribution < -0.4 is 11.1 Å². The van der Waals surface area contributed by atoms with Crippen LogP contribution in [0.2, 0.25) is 0 Å². The van der Waals surface area contributed by atoms with Crippen molar-refractivity contribution in [3.05, 3.63) is 60.3 Å². The highest BCUT2D eigenvalue weighted by Crippen LogP contribution is 2.26. The van der Waals surface area contributed by atoms with Gasteiger partial charge in [0.25, 0.3) is 5.91 Å². The number of fused-ring (bicyclic) bond motifs is 1. The third kappa shape index (κ3) is 4.28. The molecule has 3 aromatic heterocycles. The van der Waals surface area contributed by atoms with Gasteiger partial charge in [0.05, 0.1) is 23.6 Å². The van der Waals surface area contributed by atoms with E-state index < -0.39 is 0 Å². The van der Waals surface area contributed by atoms with Crippen LogP contribution in [0.1, 0.15) is 35.3 Å². The number of carbonyl (C=O) groups is 1. The van der Waals surface area contributed by atoms with Gasteiger partial charge < -0.3 is 11.1 Å². The lowest BCUT2D eigenvalue weighted by Gasteiger charge is -2.26. The van der Waals surface area contributed by atoms with Crippen molar-refractivity contribution in [1.82, 2.24) is 30.0 Å². The lowest BCUT2D eigenvalue weighted by Crippen LogP contribution is -2.29. The average Bonchev–Trinajstić information content (AvgIpc) is 3.25. The molecule has 1 aromatic carbocycles. The van der Waals surface area contributed by atoms with Crippen LogP contribution >= 0.6 is 0 Å². The van der Waals surface area contributed by atoms with Gasteiger partial charge in [-0.05, 0) is 55.3 Å². The van der Waals surface area contributed by atoms with Gasteiger partial charge in [-0.2, -0.15) is 5.10 Å². The van der Waals surface area contributed by atoms with Crippen LogP contribution in [0, 0.1) is 0 Å². The second-order valence-corrected chi connectivity index (χ2v) is 8.04. The van der Waals surface area contributed by atoms with Crippen molar-refractivity contribution < 1.29 is 4.79 Å². The number of amides is 1. The maximum absolute atomic E-state index is 12.8. The molecule has 4 heterocycles. The number of nitrogens with one attached hydrogen (secondary N) is 2. The number of pyridine rings is 1. The Kier molecular flexibility index (Phi) is 5.47. The highest BCUT2D eigenvalue weighted by atomic mass is 16.1. The first-order chi connectivity index (χ1) is 15.7. The van der Waals surface area contributed by atoms with Crippen molar-refractivity contribution in [2.45, 2.75) is 25.8 Å². The monoisotopic (exact) mass is 428 g/mol. The molecule has 5 rings (SSSR count). The van der Waals surface area contributed by atoms with E-state index in [1.54, 1.807) is 0 Å². The van der Waals surface area contributed by atoms with Crippen LogP contribution in [0.25, 0.3) is 22.0 Å². The highest BCUT2D eigenvalue weighted by molar-refractivity contribution is 6.11. The average molecular weight is 429 g/mol. The fourth-order valence-corrected chi connectivity index (χ4v) is 4.07. The maximum atomic E-state index is 12.8. The van der Waals surface area contributed by atoms with Gasteiger partial charge in [0, 0.05) is 29.9 Å². The van der Waals surface area contributed by atoms with E-state index in [0.717, 1.165) is 41.7 Å². The summed E-state index contributed by atoms with van der Waals surface area (Å²) in [6.07, 6.45) is 10.5. The van der Waals surface area contributed by atoms with Crippen LogP contribution in [0.4, 0.5) is 11.6 Å². The van der Waals surface area contributed by atoms with E-state index in [0.29, 0.717) is 11.4 Å². The molecule has 4 aromatic rings. The highest BCUT2D eigenvalue weighted by Gasteiger charge is 2.16. The SMILES string of the molecule is Nc1ncc(NC(=O)c2n[nH]c3ccc(-c4cncc(CN5CCCCC5)c4)cc23)cn1. The molecular formula is C23H24N8O. The molecule has 1 fully saturated rings. The van der Waals surface area contributed by atoms with E-state index >= 15 is 0 Å². The third-order valence-corrected chi connectivity index (χ3v) is 5.69. The van der Waals surface area contributed by atoms with E-state index in [1.807, 2.05) is 30.6 Å². The van der Waals surface area contributed by atoms with E-state index in [9.17, 15) is 4.79 Å². The molecule has 1 aliphatic heterocycles. The first-order valence-corrected chi connectivity index (χ1v) is 10.7. The van der Waals surface area contributed by atoms with Crippen LogP contribution in [0.5, 0.6) is 0 Å². The summed E-state index contributed by atoms with van der Waals surface area (Å²) in [5.74, 6) is -0.201. The number of rotatable bonds is 5. The van der Waals surface area contributed by atoms with Gasteiger partial charge in [-0.25, -0.2) is 9.97 Å². The molecule has 0 unspecified atom stereocenters. The van der Waals surface area contributed by atoms with Crippen molar-refractivity contribution in [1.29, 1.82) is 0 Å². The molecule has 0 radical (unpaired) electrons. The van der Waals surface area contributed by atoms with Gasteiger partial charge in [-0.15, -0.1) is 0 Å². The van der Waals surface area contributed by atoms with Gasteiger partial charge in [-0.1, -0.05) is 12.5 Å². The zero-order valence-electron chi connectivity index (χ0n) is 17.6. The second kappa shape index (κ2) is 8.72. The normalized spacial score (nSPS) is 14.5. The summed E-state index contributed by atoms with van der Waals surface area (Å²) in [5, 5.41) is 10.6. The molecule has 162 valence electrons. The second-order valence-electron chi connectivity index (χ2n) is 8.04. The predicted octanol–water partition coefficient (Wildman–Crippen LogP) is 3.24. The fraction of sp³-hybridized carbons (Fsp3) is 0.261. The van der Waals surface area contributed by atoms with Crippen molar-refractivity contribution in [2.75, 3.05) is 24.1 Å². The Morgan fingerprint density at radius 2 is 1.84 bits per heavy atom. The molecule has 9 nitrogen and oxygen atoms in total. The number of carbonyl (C=O) groups excluding carboxylic acids is 1. The van der Waals surface area contributed by atoms with Gasteiger partial charge in [-0.3, -0.25) is 19.8 Å². The summed E-state index contributed by atoms with van der Waals surface area (Å²) in [5.41, 5.74) is 10.2. The molecule has 0 spiro atoms. The van der Waals surface area contributed by atoms with Gasteiger partial charge in [0.2, 0.25) is 5.95 Å². The van der Waals surface area contributed by atoms with Gasteiger partial charge in [0.15, 0.2) is 5.69 Å². The standard InChI is InChI=1S/C23H24N8O/c24-23-26-12-18(13-27-23)28-22(32)21-19-9-16(4-5-20(19)29-30-21)17-8-15(10-25-11-17)14-31-6-2-1-3-7-31/h4-5,8-13H,1-3,6-7,14H2,(H,28,32)(H,29,30)(H2,24,26,27). The van der Waals surface area contributed by atoms with Crippen LogP contribution in [0.15, 0.2) is 49.1 Å². The first kappa shape index (κ1) is 20.1. The first-order valence-electron chi connectivity index (χ1n) is 10.7. The molecule has 1 saturated heterocycles. The quantitative estimate of drug-likeness (QED) is 0.445. The number of hydrogen-bond acceptors (Lipinski definition) is 7. The number of H-pyrrole nitrogens is 1.